The molecule has 0 amide bonds. The second-order valence-electron chi connectivity index (χ2n) is 3.02. The zero-order valence-corrected chi connectivity index (χ0v) is 8.73. The second kappa shape index (κ2) is 6.70. The van der Waals surface area contributed by atoms with Gasteiger partial charge in [0.2, 0.25) is 0 Å². The molecule has 15 heavy (non-hydrogen) atoms. The summed E-state index contributed by atoms with van der Waals surface area (Å²) in [6.07, 6.45) is 1.13. The van der Waals surface area contributed by atoms with Crippen molar-refractivity contribution in [2.75, 3.05) is 12.1 Å². The number of hydrogen-bond acceptors (Lipinski definition) is 4. The first-order chi connectivity index (χ1) is 7.33. The predicted octanol–water partition coefficient (Wildman–Crippen LogP) is 2.97. The third-order valence-corrected chi connectivity index (χ3v) is 1.74. The van der Waals surface area contributed by atoms with E-state index >= 15 is 0 Å². The Morgan fingerprint density at radius 2 is 2.07 bits per heavy atom. The van der Waals surface area contributed by atoms with E-state index in [9.17, 15) is 4.79 Å². The Morgan fingerprint density at radius 1 is 1.33 bits per heavy atom. The molecule has 0 aromatic heterocycles. The zero-order chi connectivity index (χ0) is 10.9. The van der Waals surface area contributed by atoms with E-state index in [1.165, 1.54) is 0 Å². The third kappa shape index (κ3) is 4.90. The lowest BCUT2D eigenvalue weighted by Gasteiger charge is -2.06. The largest absolute Gasteiger partial charge is 0.533 e. The highest BCUT2D eigenvalue weighted by Gasteiger charge is 2.02. The molecular weight excluding hydrogens is 194 g/mol. The fourth-order valence-corrected chi connectivity index (χ4v) is 0.936. The molecule has 4 heteroatoms. The normalized spacial score (nSPS) is 9.40. The van der Waals surface area contributed by atoms with Crippen LogP contribution in [0.5, 0.6) is 0 Å². The minimum atomic E-state index is -0.702. The number of nitrogens with one attached hydrogen (secondary N) is 1. The molecule has 0 atom stereocenters. The van der Waals surface area contributed by atoms with Crippen molar-refractivity contribution < 1.29 is 14.4 Å². The van der Waals surface area contributed by atoms with Crippen LogP contribution in [-0.2, 0) is 9.57 Å². The summed E-state index contributed by atoms with van der Waals surface area (Å²) in [5.41, 5.74) is 3.21. The molecule has 0 saturated carbocycles. The zero-order valence-electron chi connectivity index (χ0n) is 8.73. The van der Waals surface area contributed by atoms with Crippen molar-refractivity contribution in [3.8, 4) is 0 Å². The monoisotopic (exact) mass is 209 g/mol. The van der Waals surface area contributed by atoms with Gasteiger partial charge in [0.15, 0.2) is 0 Å². The first kappa shape index (κ1) is 11.4. The molecular formula is C11H15NO3. The number of ether oxygens (including phenoxy) is 1. The Hall–Kier alpha value is -1.71. The topological polar surface area (TPSA) is 47.6 Å². The van der Waals surface area contributed by atoms with E-state index in [4.69, 9.17) is 4.74 Å². The van der Waals surface area contributed by atoms with Crippen molar-refractivity contribution in [2.45, 2.75) is 19.8 Å². The Balaban J connectivity index is 2.17. The maximum atomic E-state index is 11.0. The van der Waals surface area contributed by atoms with E-state index in [1.807, 2.05) is 25.1 Å². The highest BCUT2D eigenvalue weighted by atomic mass is 16.8. The van der Waals surface area contributed by atoms with Crippen LogP contribution in [0.1, 0.15) is 19.8 Å². The van der Waals surface area contributed by atoms with Crippen molar-refractivity contribution in [3.05, 3.63) is 30.3 Å². The molecule has 0 saturated heterocycles. The molecule has 0 aliphatic heterocycles. The van der Waals surface area contributed by atoms with Crippen LogP contribution >= 0.6 is 0 Å². The van der Waals surface area contributed by atoms with Gasteiger partial charge in [0.05, 0.1) is 12.3 Å². The van der Waals surface area contributed by atoms with Gasteiger partial charge < -0.3 is 9.57 Å². The first-order valence-electron chi connectivity index (χ1n) is 4.97. The lowest BCUT2D eigenvalue weighted by atomic mass is 10.3. The Labute approximate surface area is 89.1 Å². The molecule has 0 heterocycles. The summed E-state index contributed by atoms with van der Waals surface area (Å²) in [7, 11) is 0. The van der Waals surface area contributed by atoms with E-state index in [0.717, 1.165) is 12.8 Å². The van der Waals surface area contributed by atoms with E-state index in [2.05, 4.69) is 10.3 Å². The summed E-state index contributed by atoms with van der Waals surface area (Å²) in [5.74, 6) is 0. The van der Waals surface area contributed by atoms with Gasteiger partial charge in [-0.2, -0.15) is 0 Å². The van der Waals surface area contributed by atoms with E-state index in [1.54, 1.807) is 12.1 Å². The van der Waals surface area contributed by atoms with Crippen molar-refractivity contribution >= 4 is 11.8 Å². The first-order valence-corrected chi connectivity index (χ1v) is 4.97. The average molecular weight is 209 g/mol. The van der Waals surface area contributed by atoms with Crippen molar-refractivity contribution in [1.82, 2.24) is 0 Å². The van der Waals surface area contributed by atoms with Gasteiger partial charge in [-0.25, -0.2) is 10.3 Å². The lowest BCUT2D eigenvalue weighted by molar-refractivity contribution is 0.0709. The summed E-state index contributed by atoms with van der Waals surface area (Å²) < 4.78 is 4.78. The number of carbonyl (C=O) groups excluding carboxylic acids is 1. The van der Waals surface area contributed by atoms with Crippen LogP contribution in [0.15, 0.2) is 30.3 Å². The smallest absolute Gasteiger partial charge is 0.433 e. The number of benzene rings is 1. The van der Waals surface area contributed by atoms with Crippen LogP contribution in [0, 0.1) is 0 Å². The number of rotatable bonds is 5. The third-order valence-electron chi connectivity index (χ3n) is 1.74. The van der Waals surface area contributed by atoms with Gasteiger partial charge in [-0.15, -0.1) is 0 Å². The van der Waals surface area contributed by atoms with Crippen LogP contribution in [0.2, 0.25) is 0 Å². The van der Waals surface area contributed by atoms with Crippen LogP contribution in [0.4, 0.5) is 10.5 Å². The molecule has 0 fully saturated rings. The Kier molecular flexibility index (Phi) is 5.08. The maximum Gasteiger partial charge on any atom is 0.533 e. The van der Waals surface area contributed by atoms with Gasteiger partial charge in [-0.1, -0.05) is 31.5 Å². The van der Waals surface area contributed by atoms with Crippen molar-refractivity contribution in [2.24, 2.45) is 0 Å². The summed E-state index contributed by atoms with van der Waals surface area (Å²) >= 11 is 0. The molecule has 4 nitrogen and oxygen atoms in total. The summed E-state index contributed by atoms with van der Waals surface area (Å²) in [6.45, 7) is 2.42. The Morgan fingerprint density at radius 3 is 2.73 bits per heavy atom. The van der Waals surface area contributed by atoms with Gasteiger partial charge in [0.25, 0.3) is 0 Å². The molecule has 82 valence electrons. The molecule has 1 aromatic carbocycles. The summed E-state index contributed by atoms with van der Waals surface area (Å²) in [5, 5.41) is 0. The average Bonchev–Trinajstić information content (AvgIpc) is 2.28. The Bertz CT molecular complexity index is 287. The minimum absolute atomic E-state index is 0.395. The number of anilines is 1. The van der Waals surface area contributed by atoms with Crippen molar-refractivity contribution in [1.29, 1.82) is 0 Å². The number of para-hydroxylation sites is 1. The van der Waals surface area contributed by atoms with Gasteiger partial charge in [0, 0.05) is 0 Å². The van der Waals surface area contributed by atoms with Gasteiger partial charge >= 0.3 is 6.16 Å². The molecule has 0 aliphatic carbocycles. The van der Waals surface area contributed by atoms with Crippen LogP contribution < -0.4 is 5.48 Å². The van der Waals surface area contributed by atoms with Gasteiger partial charge in [-0.3, -0.25) is 0 Å². The quantitative estimate of drug-likeness (QED) is 0.460. The fraction of sp³-hybridized carbons (Fsp3) is 0.364. The molecule has 0 aliphatic rings. The minimum Gasteiger partial charge on any atom is -0.433 e. The van der Waals surface area contributed by atoms with E-state index in [-0.39, 0.29) is 0 Å². The van der Waals surface area contributed by atoms with Gasteiger partial charge in [0.1, 0.15) is 0 Å². The van der Waals surface area contributed by atoms with Gasteiger partial charge in [-0.05, 0) is 18.6 Å². The molecule has 1 rings (SSSR count). The summed E-state index contributed by atoms with van der Waals surface area (Å²) in [4.78, 5) is 15.6. The van der Waals surface area contributed by atoms with Crippen LogP contribution in [0.3, 0.4) is 0 Å². The molecule has 0 radical (unpaired) electrons. The highest BCUT2D eigenvalue weighted by Crippen LogP contribution is 2.04. The number of hydrogen-bond donors (Lipinski definition) is 1. The molecule has 1 aromatic rings. The molecule has 0 unspecified atom stereocenters. The molecule has 0 spiro atoms. The number of carbonyl (C=O) groups is 1. The highest BCUT2D eigenvalue weighted by molar-refractivity contribution is 5.61. The molecule has 1 N–H and O–H groups in total. The number of unbranched alkanes of at least 4 members (excludes halogenated alkanes) is 1. The summed E-state index contributed by atoms with van der Waals surface area (Å²) in [6, 6.07) is 9.14. The fourth-order valence-electron chi connectivity index (χ4n) is 0.936. The molecule has 0 bridgehead atoms. The second-order valence-corrected chi connectivity index (χ2v) is 3.02. The van der Waals surface area contributed by atoms with Crippen LogP contribution in [-0.4, -0.2) is 12.8 Å². The van der Waals surface area contributed by atoms with Crippen molar-refractivity contribution in [3.63, 3.8) is 0 Å². The lowest BCUT2D eigenvalue weighted by Crippen LogP contribution is -2.12. The van der Waals surface area contributed by atoms with Crippen LogP contribution in [0.25, 0.3) is 0 Å². The van der Waals surface area contributed by atoms with E-state index < -0.39 is 6.16 Å². The standard InChI is InChI=1S/C11H15NO3/c1-2-3-9-14-11(13)15-12-10-7-5-4-6-8-10/h4-8,12H,2-3,9H2,1H3. The van der Waals surface area contributed by atoms with E-state index in [0.29, 0.717) is 12.3 Å². The predicted molar refractivity (Wildman–Crippen MR) is 57.4 cm³/mol. The maximum absolute atomic E-state index is 11.0. The SMILES string of the molecule is CCCCOC(=O)ONc1ccccc1.